The van der Waals surface area contributed by atoms with E-state index in [1.165, 1.54) is 0 Å². The fourth-order valence-corrected chi connectivity index (χ4v) is 1.85. The normalized spacial score (nSPS) is 11.4. The summed E-state index contributed by atoms with van der Waals surface area (Å²) >= 11 is 0. The number of allylic oxidation sites excluding steroid dienone is 1. The van der Waals surface area contributed by atoms with Gasteiger partial charge in [0.25, 0.3) is 0 Å². The van der Waals surface area contributed by atoms with Crippen molar-refractivity contribution in [3.63, 3.8) is 0 Å². The van der Waals surface area contributed by atoms with E-state index < -0.39 is 0 Å². The molecule has 0 saturated carbocycles. The molecular formula is C14H26O2. The molecule has 0 atom stereocenters. The van der Waals surface area contributed by atoms with Crippen LogP contribution in [0, 0.1) is 11.3 Å². The van der Waals surface area contributed by atoms with Crippen LogP contribution in [0.5, 0.6) is 0 Å². The SMILES string of the molecule is CCC(CC)(COC=C(C)C)C(=O)C(C)C. The van der Waals surface area contributed by atoms with E-state index in [2.05, 4.69) is 13.8 Å². The van der Waals surface area contributed by atoms with Crippen molar-refractivity contribution < 1.29 is 9.53 Å². The summed E-state index contributed by atoms with van der Waals surface area (Å²) in [6.07, 6.45) is 3.43. The zero-order valence-electron chi connectivity index (χ0n) is 11.6. The molecule has 94 valence electrons. The van der Waals surface area contributed by atoms with Gasteiger partial charge in [0.2, 0.25) is 0 Å². The Kier molecular flexibility index (Phi) is 6.39. The van der Waals surface area contributed by atoms with Crippen molar-refractivity contribution in [2.24, 2.45) is 11.3 Å². The van der Waals surface area contributed by atoms with Crippen LogP contribution in [-0.2, 0) is 9.53 Å². The molecule has 0 saturated heterocycles. The van der Waals surface area contributed by atoms with Crippen molar-refractivity contribution in [3.05, 3.63) is 11.8 Å². The van der Waals surface area contributed by atoms with Gasteiger partial charge >= 0.3 is 0 Å². The molecule has 0 unspecified atom stereocenters. The largest absolute Gasteiger partial charge is 0.500 e. The Labute approximate surface area is 100 Å². The van der Waals surface area contributed by atoms with E-state index in [1.54, 1.807) is 6.26 Å². The lowest BCUT2D eigenvalue weighted by Gasteiger charge is -2.31. The van der Waals surface area contributed by atoms with Gasteiger partial charge in [-0.05, 0) is 32.3 Å². The molecule has 0 aliphatic rings. The Bertz CT molecular complexity index is 243. The first-order valence-electron chi connectivity index (χ1n) is 6.19. The van der Waals surface area contributed by atoms with Gasteiger partial charge in [-0.2, -0.15) is 0 Å². The molecule has 0 amide bonds. The average molecular weight is 226 g/mol. The highest BCUT2D eigenvalue weighted by Crippen LogP contribution is 2.31. The van der Waals surface area contributed by atoms with E-state index in [0.29, 0.717) is 12.4 Å². The lowest BCUT2D eigenvalue weighted by Crippen LogP contribution is -2.37. The summed E-state index contributed by atoms with van der Waals surface area (Å²) in [5.41, 5.74) is 0.818. The number of Topliss-reactive ketones (excluding diaryl/α,β-unsaturated/α-hetero) is 1. The van der Waals surface area contributed by atoms with Crippen molar-refractivity contribution in [1.82, 2.24) is 0 Å². The van der Waals surface area contributed by atoms with Crippen LogP contribution in [0.4, 0.5) is 0 Å². The maximum absolute atomic E-state index is 12.2. The first-order chi connectivity index (χ1) is 7.39. The monoisotopic (exact) mass is 226 g/mol. The van der Waals surface area contributed by atoms with Crippen LogP contribution in [0.15, 0.2) is 11.8 Å². The van der Waals surface area contributed by atoms with Crippen molar-refractivity contribution in [2.45, 2.75) is 54.4 Å². The van der Waals surface area contributed by atoms with Crippen molar-refractivity contribution >= 4 is 5.78 Å². The van der Waals surface area contributed by atoms with Crippen LogP contribution in [0.2, 0.25) is 0 Å². The molecule has 0 rings (SSSR count). The summed E-state index contributed by atoms with van der Waals surface area (Å²) in [4.78, 5) is 12.2. The Hall–Kier alpha value is -0.790. The van der Waals surface area contributed by atoms with E-state index in [9.17, 15) is 4.79 Å². The minimum absolute atomic E-state index is 0.0789. The maximum Gasteiger partial charge on any atom is 0.144 e. The zero-order valence-corrected chi connectivity index (χ0v) is 11.6. The fourth-order valence-electron chi connectivity index (χ4n) is 1.85. The summed E-state index contributed by atoms with van der Waals surface area (Å²) in [7, 11) is 0. The van der Waals surface area contributed by atoms with E-state index in [0.717, 1.165) is 18.4 Å². The number of hydrogen-bond donors (Lipinski definition) is 0. The predicted octanol–water partition coefficient (Wildman–Crippen LogP) is 3.96. The van der Waals surface area contributed by atoms with E-state index in [1.807, 2.05) is 27.7 Å². The Morgan fingerprint density at radius 1 is 1.25 bits per heavy atom. The third kappa shape index (κ3) is 3.99. The third-order valence-corrected chi connectivity index (χ3v) is 3.08. The van der Waals surface area contributed by atoms with Gasteiger partial charge in [0.1, 0.15) is 5.78 Å². The summed E-state index contributed by atoms with van der Waals surface area (Å²) in [5, 5.41) is 0. The highest BCUT2D eigenvalue weighted by Gasteiger charge is 2.36. The van der Waals surface area contributed by atoms with Crippen LogP contribution in [0.25, 0.3) is 0 Å². The molecule has 0 heterocycles. The van der Waals surface area contributed by atoms with Crippen molar-refractivity contribution in [2.75, 3.05) is 6.61 Å². The topological polar surface area (TPSA) is 26.3 Å². The molecule has 0 fully saturated rings. The Balaban J connectivity index is 4.69. The lowest BCUT2D eigenvalue weighted by molar-refractivity contribution is -0.135. The maximum atomic E-state index is 12.2. The molecule has 0 bridgehead atoms. The van der Waals surface area contributed by atoms with Gasteiger partial charge in [-0.1, -0.05) is 27.7 Å². The summed E-state index contributed by atoms with van der Waals surface area (Å²) in [6, 6.07) is 0. The van der Waals surface area contributed by atoms with Gasteiger partial charge < -0.3 is 4.74 Å². The van der Waals surface area contributed by atoms with Crippen LogP contribution < -0.4 is 0 Å². The van der Waals surface area contributed by atoms with E-state index in [-0.39, 0.29) is 11.3 Å². The second-order valence-electron chi connectivity index (χ2n) is 5.01. The minimum atomic E-state index is -0.305. The van der Waals surface area contributed by atoms with Crippen molar-refractivity contribution in [3.8, 4) is 0 Å². The molecule has 0 radical (unpaired) electrons. The quantitative estimate of drug-likeness (QED) is 0.614. The molecule has 0 spiro atoms. The van der Waals surface area contributed by atoms with Gasteiger partial charge in [0.15, 0.2) is 0 Å². The average Bonchev–Trinajstić information content (AvgIpc) is 2.23. The van der Waals surface area contributed by atoms with Crippen LogP contribution in [-0.4, -0.2) is 12.4 Å². The molecule has 0 aromatic carbocycles. The number of ketones is 1. The molecule has 2 heteroatoms. The molecular weight excluding hydrogens is 200 g/mol. The molecule has 0 aliphatic carbocycles. The second-order valence-corrected chi connectivity index (χ2v) is 5.01. The first-order valence-corrected chi connectivity index (χ1v) is 6.19. The highest BCUT2D eigenvalue weighted by molar-refractivity contribution is 5.86. The lowest BCUT2D eigenvalue weighted by atomic mass is 9.75. The second kappa shape index (κ2) is 6.72. The highest BCUT2D eigenvalue weighted by atomic mass is 16.5. The molecule has 0 aromatic rings. The summed E-state index contributed by atoms with van der Waals surface area (Å²) in [6.45, 7) is 12.5. The molecule has 0 N–H and O–H groups in total. The van der Waals surface area contributed by atoms with E-state index >= 15 is 0 Å². The number of hydrogen-bond acceptors (Lipinski definition) is 2. The number of carbonyl (C=O) groups excluding carboxylic acids is 1. The van der Waals surface area contributed by atoms with Gasteiger partial charge in [-0.25, -0.2) is 0 Å². The summed E-state index contributed by atoms with van der Waals surface area (Å²) < 4.78 is 5.53. The first kappa shape index (κ1) is 15.2. The molecule has 0 aliphatic heterocycles. The Morgan fingerprint density at radius 2 is 1.75 bits per heavy atom. The predicted molar refractivity (Wildman–Crippen MR) is 68.2 cm³/mol. The molecule has 16 heavy (non-hydrogen) atoms. The van der Waals surface area contributed by atoms with E-state index in [4.69, 9.17) is 4.74 Å². The van der Waals surface area contributed by atoms with Gasteiger partial charge in [0.05, 0.1) is 18.3 Å². The zero-order chi connectivity index (χ0) is 12.8. The fraction of sp³-hybridized carbons (Fsp3) is 0.786. The third-order valence-electron chi connectivity index (χ3n) is 3.08. The minimum Gasteiger partial charge on any atom is -0.500 e. The van der Waals surface area contributed by atoms with Crippen LogP contribution in [0.1, 0.15) is 54.4 Å². The van der Waals surface area contributed by atoms with Gasteiger partial charge in [-0.15, -0.1) is 0 Å². The Morgan fingerprint density at radius 3 is 2.06 bits per heavy atom. The molecule has 0 aromatic heterocycles. The van der Waals surface area contributed by atoms with Gasteiger partial charge in [-0.3, -0.25) is 4.79 Å². The number of carbonyl (C=O) groups is 1. The van der Waals surface area contributed by atoms with Gasteiger partial charge in [0, 0.05) is 5.92 Å². The molecule has 2 nitrogen and oxygen atoms in total. The number of ether oxygens (including phenoxy) is 1. The summed E-state index contributed by atoms with van der Waals surface area (Å²) in [5.74, 6) is 0.398. The van der Waals surface area contributed by atoms with Crippen LogP contribution >= 0.6 is 0 Å². The number of rotatable bonds is 7. The van der Waals surface area contributed by atoms with Crippen molar-refractivity contribution in [1.29, 1.82) is 0 Å². The van der Waals surface area contributed by atoms with Crippen LogP contribution in [0.3, 0.4) is 0 Å². The smallest absolute Gasteiger partial charge is 0.144 e. The standard InChI is InChI=1S/C14H26O2/c1-7-14(8-2,13(15)12(5)6)10-16-9-11(3)4/h9,12H,7-8,10H2,1-6H3.